The Balaban J connectivity index is 1.53. The van der Waals surface area contributed by atoms with Crippen LogP contribution in [0.15, 0.2) is 77.7 Å². The van der Waals surface area contributed by atoms with E-state index in [1.807, 2.05) is 54.6 Å². The second-order valence-electron chi connectivity index (χ2n) is 6.18. The smallest absolute Gasteiger partial charge is 0.234 e. The van der Waals surface area contributed by atoms with Crippen molar-refractivity contribution in [2.75, 3.05) is 16.4 Å². The molecule has 0 radical (unpaired) electrons. The largest absolute Gasteiger partial charge is 0.326 e. The van der Waals surface area contributed by atoms with E-state index in [2.05, 4.69) is 10.6 Å². The predicted molar refractivity (Wildman–Crippen MR) is 121 cm³/mol. The minimum absolute atomic E-state index is 0.0910. The van der Waals surface area contributed by atoms with E-state index >= 15 is 0 Å². The second-order valence-corrected chi connectivity index (χ2v) is 8.01. The third-order valence-corrected chi connectivity index (χ3v) is 5.73. The van der Waals surface area contributed by atoms with E-state index in [1.165, 1.54) is 11.8 Å². The molecule has 0 aliphatic heterocycles. The van der Waals surface area contributed by atoms with Crippen molar-refractivity contribution in [2.45, 2.75) is 11.3 Å². The number of carbonyl (C=O) groups is 2. The lowest BCUT2D eigenvalue weighted by atomic mass is 10.1. The average molecular weight is 445 g/mol. The number of halogens is 2. The number of thioether (sulfide) groups is 1. The molecule has 0 saturated carbocycles. The highest BCUT2D eigenvalue weighted by atomic mass is 35.5. The molecule has 148 valence electrons. The highest BCUT2D eigenvalue weighted by Crippen LogP contribution is 2.30. The number of anilines is 2. The van der Waals surface area contributed by atoms with Gasteiger partial charge < -0.3 is 10.6 Å². The Kier molecular flexibility index (Phi) is 7.58. The molecule has 0 aromatic heterocycles. The lowest BCUT2D eigenvalue weighted by Crippen LogP contribution is -2.15. The fraction of sp³-hybridized carbons (Fsp3) is 0.0909. The summed E-state index contributed by atoms with van der Waals surface area (Å²) >= 11 is 13.4. The summed E-state index contributed by atoms with van der Waals surface area (Å²) in [4.78, 5) is 25.3. The van der Waals surface area contributed by atoms with Gasteiger partial charge in [0.15, 0.2) is 0 Å². The van der Waals surface area contributed by atoms with Crippen LogP contribution in [0.1, 0.15) is 5.56 Å². The fourth-order valence-electron chi connectivity index (χ4n) is 2.59. The Bertz CT molecular complexity index is 1010. The summed E-state index contributed by atoms with van der Waals surface area (Å²) in [5, 5.41) is 6.34. The number of benzene rings is 3. The molecule has 29 heavy (non-hydrogen) atoms. The Hall–Kier alpha value is -2.47. The van der Waals surface area contributed by atoms with Crippen molar-refractivity contribution in [2.24, 2.45) is 0 Å². The van der Waals surface area contributed by atoms with Gasteiger partial charge in [0, 0.05) is 10.6 Å². The first-order valence-corrected chi connectivity index (χ1v) is 10.6. The van der Waals surface area contributed by atoms with Crippen LogP contribution in [0.2, 0.25) is 10.0 Å². The zero-order valence-corrected chi connectivity index (χ0v) is 17.7. The van der Waals surface area contributed by atoms with E-state index in [0.717, 1.165) is 10.5 Å². The van der Waals surface area contributed by atoms with Crippen LogP contribution in [0.25, 0.3) is 0 Å². The quantitative estimate of drug-likeness (QED) is 0.445. The van der Waals surface area contributed by atoms with Gasteiger partial charge in [0.2, 0.25) is 11.8 Å². The minimum Gasteiger partial charge on any atom is -0.326 e. The van der Waals surface area contributed by atoms with Crippen molar-refractivity contribution >= 4 is 58.2 Å². The van der Waals surface area contributed by atoms with Crippen LogP contribution in [-0.2, 0) is 16.0 Å². The molecular weight excluding hydrogens is 427 g/mol. The topological polar surface area (TPSA) is 58.2 Å². The van der Waals surface area contributed by atoms with Crippen molar-refractivity contribution < 1.29 is 9.59 Å². The van der Waals surface area contributed by atoms with Gasteiger partial charge in [-0.05, 0) is 35.9 Å². The van der Waals surface area contributed by atoms with E-state index in [4.69, 9.17) is 23.2 Å². The Labute approximate surface area is 183 Å². The lowest BCUT2D eigenvalue weighted by molar-refractivity contribution is -0.115. The first-order chi connectivity index (χ1) is 14.0. The standard InChI is InChI=1S/C22H18Cl2N2O2S/c23-18-10-5-11-19(22(18)24)26-21(28)14-29-17-9-4-8-16(13-17)25-20(27)12-15-6-2-1-3-7-15/h1-11,13H,12,14H2,(H,25,27)(H,26,28). The van der Waals surface area contributed by atoms with Crippen molar-refractivity contribution in [1.29, 1.82) is 0 Å². The van der Waals surface area contributed by atoms with Crippen molar-refractivity contribution in [1.82, 2.24) is 0 Å². The van der Waals surface area contributed by atoms with Gasteiger partial charge >= 0.3 is 0 Å². The summed E-state index contributed by atoms with van der Waals surface area (Å²) in [5.41, 5.74) is 2.12. The van der Waals surface area contributed by atoms with E-state index in [9.17, 15) is 9.59 Å². The molecule has 0 spiro atoms. The van der Waals surface area contributed by atoms with Gasteiger partial charge in [0.05, 0.1) is 27.9 Å². The van der Waals surface area contributed by atoms with Crippen molar-refractivity contribution in [3.63, 3.8) is 0 Å². The summed E-state index contributed by atoms with van der Waals surface area (Å²) in [6, 6.07) is 22.0. The van der Waals surface area contributed by atoms with Gasteiger partial charge in [0.1, 0.15) is 0 Å². The summed E-state index contributed by atoms with van der Waals surface area (Å²) < 4.78 is 0. The molecule has 0 aliphatic carbocycles. The highest BCUT2D eigenvalue weighted by Gasteiger charge is 2.10. The molecule has 0 bridgehead atoms. The van der Waals surface area contributed by atoms with Crippen LogP contribution >= 0.6 is 35.0 Å². The molecule has 2 amide bonds. The maximum Gasteiger partial charge on any atom is 0.234 e. The molecule has 4 nitrogen and oxygen atoms in total. The monoisotopic (exact) mass is 444 g/mol. The van der Waals surface area contributed by atoms with Crippen LogP contribution in [0.4, 0.5) is 11.4 Å². The Morgan fingerprint density at radius 3 is 2.38 bits per heavy atom. The van der Waals surface area contributed by atoms with Gasteiger partial charge in [0.25, 0.3) is 0 Å². The molecule has 3 rings (SSSR count). The number of amides is 2. The van der Waals surface area contributed by atoms with Crippen LogP contribution in [-0.4, -0.2) is 17.6 Å². The third kappa shape index (κ3) is 6.53. The number of rotatable bonds is 7. The van der Waals surface area contributed by atoms with Gasteiger partial charge in [-0.1, -0.05) is 65.7 Å². The summed E-state index contributed by atoms with van der Waals surface area (Å²) in [7, 11) is 0. The summed E-state index contributed by atoms with van der Waals surface area (Å²) in [5.74, 6) is -0.0889. The summed E-state index contributed by atoms with van der Waals surface area (Å²) in [6.07, 6.45) is 0.307. The first-order valence-electron chi connectivity index (χ1n) is 8.82. The summed E-state index contributed by atoms with van der Waals surface area (Å²) in [6.45, 7) is 0. The minimum atomic E-state index is -0.197. The van der Waals surface area contributed by atoms with Gasteiger partial charge in [-0.2, -0.15) is 0 Å². The van der Waals surface area contributed by atoms with E-state index < -0.39 is 0 Å². The fourth-order valence-corrected chi connectivity index (χ4v) is 3.69. The number of nitrogens with one attached hydrogen (secondary N) is 2. The maximum absolute atomic E-state index is 12.2. The van der Waals surface area contributed by atoms with Crippen LogP contribution in [0.5, 0.6) is 0 Å². The molecule has 0 unspecified atom stereocenters. The molecule has 3 aromatic rings. The molecule has 0 fully saturated rings. The molecular formula is C22H18Cl2N2O2S. The van der Waals surface area contributed by atoms with E-state index in [0.29, 0.717) is 27.8 Å². The van der Waals surface area contributed by atoms with E-state index in [-0.39, 0.29) is 17.6 Å². The number of carbonyl (C=O) groups excluding carboxylic acids is 2. The van der Waals surface area contributed by atoms with Gasteiger partial charge in [-0.15, -0.1) is 11.8 Å². The van der Waals surface area contributed by atoms with Crippen LogP contribution < -0.4 is 10.6 Å². The Morgan fingerprint density at radius 2 is 1.59 bits per heavy atom. The molecule has 0 aliphatic rings. The van der Waals surface area contributed by atoms with Crippen LogP contribution in [0, 0.1) is 0 Å². The first kappa shape index (κ1) is 21.2. The Morgan fingerprint density at radius 1 is 0.828 bits per heavy atom. The van der Waals surface area contributed by atoms with E-state index in [1.54, 1.807) is 18.2 Å². The SMILES string of the molecule is O=C(Cc1ccccc1)Nc1cccc(SCC(=O)Nc2cccc(Cl)c2Cl)c1. The van der Waals surface area contributed by atoms with Crippen molar-refractivity contribution in [3.05, 3.63) is 88.4 Å². The molecule has 0 saturated heterocycles. The maximum atomic E-state index is 12.2. The van der Waals surface area contributed by atoms with Crippen molar-refractivity contribution in [3.8, 4) is 0 Å². The molecule has 7 heteroatoms. The predicted octanol–water partition coefficient (Wildman–Crippen LogP) is 5.91. The van der Waals surface area contributed by atoms with Gasteiger partial charge in [-0.25, -0.2) is 0 Å². The molecule has 3 aromatic carbocycles. The molecule has 0 atom stereocenters. The number of hydrogen-bond acceptors (Lipinski definition) is 3. The number of hydrogen-bond donors (Lipinski definition) is 2. The normalized spacial score (nSPS) is 10.4. The third-order valence-electron chi connectivity index (χ3n) is 3.92. The zero-order chi connectivity index (χ0) is 20.6. The zero-order valence-electron chi connectivity index (χ0n) is 15.3. The molecule has 0 heterocycles. The lowest BCUT2D eigenvalue weighted by Gasteiger charge is -2.09. The second kappa shape index (κ2) is 10.3. The molecule has 2 N–H and O–H groups in total. The highest BCUT2D eigenvalue weighted by molar-refractivity contribution is 8.00. The van der Waals surface area contributed by atoms with Gasteiger partial charge in [-0.3, -0.25) is 9.59 Å². The average Bonchev–Trinajstić information content (AvgIpc) is 2.71. The van der Waals surface area contributed by atoms with Crippen LogP contribution in [0.3, 0.4) is 0 Å².